The first-order valence-electron chi connectivity index (χ1n) is 5.58. The predicted octanol–water partition coefficient (Wildman–Crippen LogP) is -1.35. The highest BCUT2D eigenvalue weighted by molar-refractivity contribution is 4.43. The minimum Gasteiger partial charge on any atom is -0.395 e. The Morgan fingerprint density at radius 3 is 1.69 bits per heavy atom. The molecule has 0 saturated carbocycles. The van der Waals surface area contributed by atoms with Gasteiger partial charge in [-0.1, -0.05) is 13.3 Å². The minimum atomic E-state index is -0.243. The fourth-order valence-corrected chi connectivity index (χ4v) is 0.640. The third kappa shape index (κ3) is 11.8. The van der Waals surface area contributed by atoms with E-state index in [1.54, 1.807) is 7.05 Å². The summed E-state index contributed by atoms with van der Waals surface area (Å²) < 4.78 is -0.125. The van der Waals surface area contributed by atoms with Crippen molar-refractivity contribution >= 4 is 0 Å². The van der Waals surface area contributed by atoms with E-state index < -0.39 is 0 Å². The zero-order chi connectivity index (χ0) is 12.9. The average molecular weight is 239 g/mol. The summed E-state index contributed by atoms with van der Waals surface area (Å²) in [5, 5.41) is 36.7. The summed E-state index contributed by atoms with van der Waals surface area (Å²) in [6, 6.07) is 0. The number of rotatable bonds is 8. The lowest BCUT2D eigenvalue weighted by atomic mass is 10.3. The molecule has 6 heteroatoms. The standard InChI is InChI=1S/C6H15NO.C4H12NO3/c1-2-3-4-7-5-6-8;1-5(2-6,3-7)4-8/h7-8H,2-6H2,1H3;6-8H,2-4H2,1H3/q;+1. The summed E-state index contributed by atoms with van der Waals surface area (Å²) in [7, 11) is 1.54. The molecule has 6 nitrogen and oxygen atoms in total. The highest BCUT2D eigenvalue weighted by Gasteiger charge is 2.15. The zero-order valence-corrected chi connectivity index (χ0v) is 10.4. The lowest BCUT2D eigenvalue weighted by Crippen LogP contribution is -2.46. The summed E-state index contributed by atoms with van der Waals surface area (Å²) in [5.41, 5.74) is 0. The van der Waals surface area contributed by atoms with Crippen molar-refractivity contribution < 1.29 is 24.9 Å². The molecule has 0 aliphatic rings. The molecule has 0 rings (SSSR count). The van der Waals surface area contributed by atoms with E-state index in [1.807, 2.05) is 0 Å². The molecule has 0 amide bonds. The molecular formula is C10H27N2O4+. The Bertz CT molecular complexity index is 118. The van der Waals surface area contributed by atoms with Crippen molar-refractivity contribution in [1.82, 2.24) is 5.32 Å². The van der Waals surface area contributed by atoms with Crippen molar-refractivity contribution in [2.24, 2.45) is 0 Å². The van der Waals surface area contributed by atoms with Crippen LogP contribution in [0.3, 0.4) is 0 Å². The quantitative estimate of drug-likeness (QED) is 0.205. The molecule has 0 spiro atoms. The largest absolute Gasteiger partial charge is 0.395 e. The second-order valence-electron chi connectivity index (χ2n) is 3.87. The molecule has 0 aromatic carbocycles. The van der Waals surface area contributed by atoms with Crippen molar-refractivity contribution in [3.63, 3.8) is 0 Å². The molecule has 5 N–H and O–H groups in total. The van der Waals surface area contributed by atoms with Gasteiger partial charge >= 0.3 is 0 Å². The second-order valence-corrected chi connectivity index (χ2v) is 3.87. The van der Waals surface area contributed by atoms with Gasteiger partial charge in [0.05, 0.1) is 13.7 Å². The van der Waals surface area contributed by atoms with Gasteiger partial charge in [0.15, 0.2) is 20.2 Å². The number of aliphatic hydroxyl groups is 4. The molecule has 0 atom stereocenters. The van der Waals surface area contributed by atoms with Crippen LogP contribution in [0.2, 0.25) is 0 Å². The fraction of sp³-hybridized carbons (Fsp3) is 1.00. The minimum absolute atomic E-state index is 0.125. The van der Waals surface area contributed by atoms with Crippen LogP contribution in [0.25, 0.3) is 0 Å². The van der Waals surface area contributed by atoms with Gasteiger partial charge in [-0.05, 0) is 13.0 Å². The van der Waals surface area contributed by atoms with Crippen LogP contribution in [0.5, 0.6) is 0 Å². The van der Waals surface area contributed by atoms with Crippen molar-refractivity contribution in [2.45, 2.75) is 19.8 Å². The molecule has 0 saturated heterocycles. The Balaban J connectivity index is 0. The van der Waals surface area contributed by atoms with Gasteiger partial charge in [-0.15, -0.1) is 0 Å². The molecule has 0 radical (unpaired) electrons. The van der Waals surface area contributed by atoms with Gasteiger partial charge in [-0.2, -0.15) is 0 Å². The van der Waals surface area contributed by atoms with Gasteiger partial charge in [-0.25, -0.2) is 0 Å². The van der Waals surface area contributed by atoms with E-state index in [-0.39, 0.29) is 31.3 Å². The van der Waals surface area contributed by atoms with Crippen LogP contribution in [-0.2, 0) is 0 Å². The Hall–Kier alpha value is -0.240. The molecular weight excluding hydrogens is 212 g/mol. The van der Waals surface area contributed by atoms with Crippen molar-refractivity contribution in [1.29, 1.82) is 0 Å². The van der Waals surface area contributed by atoms with E-state index in [0.717, 1.165) is 13.1 Å². The highest BCUT2D eigenvalue weighted by atomic mass is 16.3. The summed E-state index contributed by atoms with van der Waals surface area (Å²) in [6.45, 7) is 3.45. The Labute approximate surface area is 97.7 Å². The number of hydrogen-bond acceptors (Lipinski definition) is 5. The lowest BCUT2D eigenvalue weighted by molar-refractivity contribution is -0.959. The first kappa shape index (κ1) is 18.1. The summed E-state index contributed by atoms with van der Waals surface area (Å²) in [6.07, 6.45) is 2.43. The normalized spacial score (nSPS) is 10.9. The molecule has 0 aromatic heterocycles. The second kappa shape index (κ2) is 12.8. The van der Waals surface area contributed by atoms with Crippen LogP contribution in [0, 0.1) is 0 Å². The van der Waals surface area contributed by atoms with Gasteiger partial charge in [0, 0.05) is 6.54 Å². The van der Waals surface area contributed by atoms with E-state index in [9.17, 15) is 0 Å². The van der Waals surface area contributed by atoms with Crippen molar-refractivity contribution in [3.8, 4) is 0 Å². The molecule has 16 heavy (non-hydrogen) atoms. The van der Waals surface area contributed by atoms with Crippen molar-refractivity contribution in [2.75, 3.05) is 46.9 Å². The topological polar surface area (TPSA) is 93.0 Å². The van der Waals surface area contributed by atoms with Crippen LogP contribution < -0.4 is 5.32 Å². The maximum atomic E-state index is 8.44. The Kier molecular flexibility index (Phi) is 14.5. The van der Waals surface area contributed by atoms with E-state index in [2.05, 4.69) is 12.2 Å². The Morgan fingerprint density at radius 1 is 0.938 bits per heavy atom. The van der Waals surface area contributed by atoms with E-state index in [0.29, 0.717) is 0 Å². The van der Waals surface area contributed by atoms with Gasteiger partial charge in [-0.3, -0.25) is 4.48 Å². The smallest absolute Gasteiger partial charge is 0.183 e. The Morgan fingerprint density at radius 2 is 1.44 bits per heavy atom. The molecule has 0 fully saturated rings. The number of quaternary nitrogens is 1. The molecule has 0 aromatic rings. The third-order valence-corrected chi connectivity index (χ3v) is 2.02. The number of hydrogen-bond donors (Lipinski definition) is 5. The van der Waals surface area contributed by atoms with Crippen molar-refractivity contribution in [3.05, 3.63) is 0 Å². The number of nitrogens with one attached hydrogen (secondary N) is 1. The molecule has 0 heterocycles. The van der Waals surface area contributed by atoms with Crippen LogP contribution in [0.15, 0.2) is 0 Å². The number of unbranched alkanes of at least 4 members (excludes halogenated alkanes) is 1. The van der Waals surface area contributed by atoms with Crippen LogP contribution in [0.4, 0.5) is 0 Å². The number of nitrogens with zero attached hydrogens (tertiary/aromatic N) is 1. The van der Waals surface area contributed by atoms with Crippen LogP contribution >= 0.6 is 0 Å². The highest BCUT2D eigenvalue weighted by Crippen LogP contribution is 1.93. The van der Waals surface area contributed by atoms with Gasteiger partial charge < -0.3 is 25.7 Å². The third-order valence-electron chi connectivity index (χ3n) is 2.02. The predicted molar refractivity (Wildman–Crippen MR) is 62.3 cm³/mol. The first-order chi connectivity index (χ1) is 7.60. The van der Waals surface area contributed by atoms with Gasteiger partial charge in [0.2, 0.25) is 0 Å². The molecule has 0 bridgehead atoms. The summed E-state index contributed by atoms with van der Waals surface area (Å²) in [5.74, 6) is 0. The maximum Gasteiger partial charge on any atom is 0.183 e. The lowest BCUT2D eigenvalue weighted by Gasteiger charge is -2.25. The SMILES string of the molecule is CCCCNCCO.C[N+](CO)(CO)CO. The van der Waals surface area contributed by atoms with Gasteiger partial charge in [0.1, 0.15) is 0 Å². The molecule has 100 valence electrons. The van der Waals surface area contributed by atoms with Gasteiger partial charge in [0.25, 0.3) is 0 Å². The maximum absolute atomic E-state index is 8.44. The van der Waals surface area contributed by atoms with E-state index in [1.165, 1.54) is 12.8 Å². The number of aliphatic hydroxyl groups excluding tert-OH is 4. The fourth-order valence-electron chi connectivity index (χ4n) is 0.640. The van der Waals surface area contributed by atoms with Crippen LogP contribution in [0.1, 0.15) is 19.8 Å². The monoisotopic (exact) mass is 239 g/mol. The summed E-state index contributed by atoms with van der Waals surface area (Å²) >= 11 is 0. The zero-order valence-electron chi connectivity index (χ0n) is 10.4. The average Bonchev–Trinajstić information content (AvgIpc) is 2.34. The van der Waals surface area contributed by atoms with E-state index >= 15 is 0 Å². The molecule has 0 aliphatic carbocycles. The molecule has 0 unspecified atom stereocenters. The van der Waals surface area contributed by atoms with Crippen LogP contribution in [-0.4, -0.2) is 71.8 Å². The van der Waals surface area contributed by atoms with E-state index in [4.69, 9.17) is 20.4 Å². The first-order valence-corrected chi connectivity index (χ1v) is 5.58. The summed E-state index contributed by atoms with van der Waals surface area (Å²) in [4.78, 5) is 0. The molecule has 0 aliphatic heterocycles.